The number of nitrogens with one attached hydrogen (secondary N) is 1. The van der Waals surface area contributed by atoms with Crippen LogP contribution in [0.4, 0.5) is 0 Å². The molecular weight excluding hydrogens is 252 g/mol. The maximum absolute atomic E-state index is 3.75. The van der Waals surface area contributed by atoms with Crippen LogP contribution in [0.1, 0.15) is 55.0 Å². The van der Waals surface area contributed by atoms with E-state index in [1.54, 1.807) is 0 Å². The Balaban J connectivity index is 2.15. The Hall–Kier alpha value is -0.380. The molecule has 0 aliphatic carbocycles. The van der Waals surface area contributed by atoms with Gasteiger partial charge in [-0.3, -0.25) is 4.90 Å². The molecule has 1 unspecified atom stereocenters. The van der Waals surface area contributed by atoms with Crippen molar-refractivity contribution in [1.82, 2.24) is 10.2 Å². The Labute approximate surface area is 122 Å². The largest absolute Gasteiger partial charge is 0.309 e. The second kappa shape index (κ2) is 5.94. The maximum Gasteiger partial charge on any atom is 0.0332 e. The second-order valence-corrected chi connectivity index (χ2v) is 7.39. The summed E-state index contributed by atoms with van der Waals surface area (Å²) >= 11 is 1.93. The molecular formula is C16H28N2S. The lowest BCUT2D eigenvalue weighted by Gasteiger charge is -2.45. The number of hydrogen-bond acceptors (Lipinski definition) is 3. The Bertz CT molecular complexity index is 420. The summed E-state index contributed by atoms with van der Waals surface area (Å²) < 4.78 is 0. The molecule has 0 saturated carbocycles. The first-order chi connectivity index (χ1) is 9.01. The van der Waals surface area contributed by atoms with Crippen LogP contribution in [0.5, 0.6) is 0 Å². The third kappa shape index (κ3) is 3.04. The minimum Gasteiger partial charge on any atom is -0.309 e. The molecule has 1 aliphatic heterocycles. The minimum atomic E-state index is 0.325. The molecule has 19 heavy (non-hydrogen) atoms. The molecule has 3 heteroatoms. The van der Waals surface area contributed by atoms with Gasteiger partial charge in [0.25, 0.3) is 0 Å². The second-order valence-electron chi connectivity index (χ2n) is 5.93. The zero-order valence-electron chi connectivity index (χ0n) is 13.0. The van der Waals surface area contributed by atoms with E-state index in [-0.39, 0.29) is 0 Å². The van der Waals surface area contributed by atoms with Gasteiger partial charge in [-0.25, -0.2) is 0 Å². The monoisotopic (exact) mass is 280 g/mol. The van der Waals surface area contributed by atoms with E-state index in [1.165, 1.54) is 34.7 Å². The van der Waals surface area contributed by atoms with Crippen LogP contribution in [-0.4, -0.2) is 30.1 Å². The van der Waals surface area contributed by atoms with E-state index in [4.69, 9.17) is 0 Å². The lowest BCUT2D eigenvalue weighted by molar-refractivity contribution is 0.0919. The summed E-state index contributed by atoms with van der Waals surface area (Å²) in [4.78, 5) is 5.59. The number of thiophene rings is 1. The van der Waals surface area contributed by atoms with Crippen molar-refractivity contribution in [1.29, 1.82) is 0 Å². The quantitative estimate of drug-likeness (QED) is 0.900. The molecule has 0 spiro atoms. The summed E-state index contributed by atoms with van der Waals surface area (Å²) in [5.74, 6) is 0. The SMILES string of the molecule is CCC1(CC)CN(C(C)c2cc(C)sc2C)CCN1. The van der Waals surface area contributed by atoms with Crippen molar-refractivity contribution in [2.24, 2.45) is 0 Å². The molecule has 1 aromatic rings. The Kier molecular flexibility index (Phi) is 4.70. The van der Waals surface area contributed by atoms with Crippen molar-refractivity contribution in [3.8, 4) is 0 Å². The molecule has 0 aromatic carbocycles. The van der Waals surface area contributed by atoms with Gasteiger partial charge in [-0.15, -0.1) is 11.3 Å². The zero-order valence-corrected chi connectivity index (χ0v) is 13.9. The highest BCUT2D eigenvalue weighted by molar-refractivity contribution is 7.12. The fraction of sp³-hybridized carbons (Fsp3) is 0.750. The van der Waals surface area contributed by atoms with E-state index in [9.17, 15) is 0 Å². The molecule has 2 heterocycles. The lowest BCUT2D eigenvalue weighted by atomic mass is 9.89. The van der Waals surface area contributed by atoms with Gasteiger partial charge in [0.1, 0.15) is 0 Å². The average molecular weight is 280 g/mol. The van der Waals surface area contributed by atoms with Gasteiger partial charge in [0.2, 0.25) is 0 Å². The Morgan fingerprint density at radius 2 is 2.05 bits per heavy atom. The molecule has 1 saturated heterocycles. The number of hydrogen-bond donors (Lipinski definition) is 1. The van der Waals surface area contributed by atoms with Gasteiger partial charge < -0.3 is 5.32 Å². The summed E-state index contributed by atoms with van der Waals surface area (Å²) in [6.07, 6.45) is 2.43. The topological polar surface area (TPSA) is 15.3 Å². The van der Waals surface area contributed by atoms with Crippen molar-refractivity contribution < 1.29 is 0 Å². The van der Waals surface area contributed by atoms with Gasteiger partial charge in [0.15, 0.2) is 0 Å². The van der Waals surface area contributed by atoms with E-state index in [0.29, 0.717) is 11.6 Å². The molecule has 1 fully saturated rings. The summed E-state index contributed by atoms with van der Waals surface area (Å²) in [6.45, 7) is 14.9. The standard InChI is InChI=1S/C16H28N2S/c1-6-16(7-2)11-18(9-8-17-16)13(4)15-10-12(3)19-14(15)5/h10,13,17H,6-9,11H2,1-5H3. The van der Waals surface area contributed by atoms with E-state index >= 15 is 0 Å². The van der Waals surface area contributed by atoms with Crippen molar-refractivity contribution in [2.75, 3.05) is 19.6 Å². The molecule has 0 radical (unpaired) electrons. The van der Waals surface area contributed by atoms with Crippen molar-refractivity contribution >= 4 is 11.3 Å². The van der Waals surface area contributed by atoms with Crippen LogP contribution in [-0.2, 0) is 0 Å². The van der Waals surface area contributed by atoms with Crippen molar-refractivity contribution in [3.05, 3.63) is 21.4 Å². The fourth-order valence-corrected chi connectivity index (χ4v) is 4.32. The summed E-state index contributed by atoms with van der Waals surface area (Å²) in [5.41, 5.74) is 1.86. The third-order valence-corrected chi connectivity index (χ3v) is 5.82. The lowest BCUT2D eigenvalue weighted by Crippen LogP contribution is -2.60. The van der Waals surface area contributed by atoms with Crippen LogP contribution < -0.4 is 5.32 Å². The molecule has 1 atom stereocenters. The first-order valence-electron chi connectivity index (χ1n) is 7.57. The predicted molar refractivity (Wildman–Crippen MR) is 85.1 cm³/mol. The van der Waals surface area contributed by atoms with E-state index in [1.807, 2.05) is 11.3 Å². The smallest absolute Gasteiger partial charge is 0.0332 e. The van der Waals surface area contributed by atoms with Crippen LogP contribution in [0.2, 0.25) is 0 Å². The maximum atomic E-state index is 3.75. The Morgan fingerprint density at radius 3 is 2.58 bits per heavy atom. The number of nitrogens with zero attached hydrogens (tertiary/aromatic N) is 1. The predicted octanol–water partition coefficient (Wildman–Crippen LogP) is 3.89. The highest BCUT2D eigenvalue weighted by atomic mass is 32.1. The highest BCUT2D eigenvalue weighted by Crippen LogP contribution is 2.32. The van der Waals surface area contributed by atoms with Gasteiger partial charge in [0, 0.05) is 41.0 Å². The van der Waals surface area contributed by atoms with Crippen LogP contribution in [0, 0.1) is 13.8 Å². The number of piperazine rings is 1. The van der Waals surface area contributed by atoms with Gasteiger partial charge in [-0.05, 0) is 45.2 Å². The summed E-state index contributed by atoms with van der Waals surface area (Å²) in [5, 5.41) is 3.75. The average Bonchev–Trinajstić information content (AvgIpc) is 2.77. The fourth-order valence-electron chi connectivity index (χ4n) is 3.30. The first kappa shape index (κ1) is 15.0. The van der Waals surface area contributed by atoms with Crippen molar-refractivity contribution in [2.45, 2.75) is 59.0 Å². The summed E-state index contributed by atoms with van der Waals surface area (Å²) in [6, 6.07) is 2.93. The van der Waals surface area contributed by atoms with Crippen molar-refractivity contribution in [3.63, 3.8) is 0 Å². The van der Waals surface area contributed by atoms with Gasteiger partial charge >= 0.3 is 0 Å². The zero-order chi connectivity index (χ0) is 14.0. The van der Waals surface area contributed by atoms with Gasteiger partial charge in [0.05, 0.1) is 0 Å². The molecule has 1 aromatic heterocycles. The molecule has 1 aliphatic rings. The molecule has 0 amide bonds. The number of rotatable bonds is 4. The van der Waals surface area contributed by atoms with E-state index in [0.717, 1.165) is 13.1 Å². The van der Waals surface area contributed by atoms with Crippen LogP contribution in [0.25, 0.3) is 0 Å². The molecule has 2 nitrogen and oxygen atoms in total. The van der Waals surface area contributed by atoms with Gasteiger partial charge in [-0.1, -0.05) is 13.8 Å². The van der Waals surface area contributed by atoms with Crippen LogP contribution >= 0.6 is 11.3 Å². The van der Waals surface area contributed by atoms with E-state index < -0.39 is 0 Å². The molecule has 2 rings (SSSR count). The normalized spacial score (nSPS) is 21.5. The van der Waals surface area contributed by atoms with E-state index in [2.05, 4.69) is 50.9 Å². The highest BCUT2D eigenvalue weighted by Gasteiger charge is 2.34. The first-order valence-corrected chi connectivity index (χ1v) is 8.39. The van der Waals surface area contributed by atoms with Crippen LogP contribution in [0.15, 0.2) is 6.07 Å². The summed E-state index contributed by atoms with van der Waals surface area (Å²) in [7, 11) is 0. The molecule has 108 valence electrons. The third-order valence-electron chi connectivity index (χ3n) is 4.84. The van der Waals surface area contributed by atoms with Gasteiger partial charge in [-0.2, -0.15) is 0 Å². The van der Waals surface area contributed by atoms with Crippen LogP contribution in [0.3, 0.4) is 0 Å². The minimum absolute atomic E-state index is 0.325. The Morgan fingerprint density at radius 1 is 1.37 bits per heavy atom. The molecule has 0 bridgehead atoms. The molecule has 1 N–H and O–H groups in total. The number of aryl methyl sites for hydroxylation is 2.